The number of ether oxygens (including phenoxy) is 1. The van der Waals surface area contributed by atoms with Gasteiger partial charge in [0.15, 0.2) is 5.82 Å². The zero-order valence-corrected chi connectivity index (χ0v) is 12.0. The molecule has 19 heavy (non-hydrogen) atoms. The summed E-state index contributed by atoms with van der Waals surface area (Å²) in [7, 11) is 1.00. The summed E-state index contributed by atoms with van der Waals surface area (Å²) in [6.45, 7) is 8.63. The van der Waals surface area contributed by atoms with Crippen molar-refractivity contribution in [2.45, 2.75) is 45.8 Å². The summed E-state index contributed by atoms with van der Waals surface area (Å²) < 4.78 is 9.48. The molecule has 0 fully saturated rings. The van der Waals surface area contributed by atoms with Crippen LogP contribution in [0.25, 0.3) is 0 Å². The van der Waals surface area contributed by atoms with Crippen LogP contribution >= 0.6 is 0 Å². The van der Waals surface area contributed by atoms with Crippen molar-refractivity contribution in [2.75, 3.05) is 7.11 Å². The van der Waals surface area contributed by atoms with Crippen LogP contribution in [0.4, 0.5) is 4.79 Å². The summed E-state index contributed by atoms with van der Waals surface area (Å²) in [5.74, 6) is -0.438. The van der Waals surface area contributed by atoms with Crippen molar-refractivity contribution in [3.8, 4) is 0 Å². The predicted octanol–water partition coefficient (Wildman–Crippen LogP) is 0.731. The van der Waals surface area contributed by atoms with Gasteiger partial charge in [0.25, 0.3) is 0 Å². The minimum absolute atomic E-state index is 0.230. The van der Waals surface area contributed by atoms with Crippen LogP contribution in [-0.2, 0) is 10.3 Å². The molecule has 0 aromatic carbocycles. The Labute approximate surface area is 111 Å². The first-order valence-electron chi connectivity index (χ1n) is 5.62. The molecule has 0 saturated carbocycles. The topological polar surface area (TPSA) is 117 Å². The van der Waals surface area contributed by atoms with Gasteiger partial charge in [0, 0.05) is 7.11 Å². The van der Waals surface area contributed by atoms with Crippen LogP contribution in [0.5, 0.6) is 0 Å². The maximum Gasteiger partial charge on any atom is 0.438 e. The monoisotopic (exact) mass is 275 g/mol. The Kier molecular flexibility index (Phi) is 5.76. The van der Waals surface area contributed by atoms with E-state index in [2.05, 4.69) is 20.0 Å². The molecule has 0 atom stereocenters. The SMILES string of the molecule is CC(C)(C)OC(=O)NC(C)(C)c1noc(=O)[nH]1.CO. The van der Waals surface area contributed by atoms with Crippen LogP contribution in [0.3, 0.4) is 0 Å². The van der Waals surface area contributed by atoms with Crippen LogP contribution < -0.4 is 11.1 Å². The van der Waals surface area contributed by atoms with Crippen molar-refractivity contribution in [2.24, 2.45) is 0 Å². The van der Waals surface area contributed by atoms with Crippen molar-refractivity contribution in [3.63, 3.8) is 0 Å². The highest BCUT2D eigenvalue weighted by Crippen LogP contribution is 2.15. The number of rotatable bonds is 2. The average molecular weight is 275 g/mol. The van der Waals surface area contributed by atoms with Crippen molar-refractivity contribution < 1.29 is 19.2 Å². The van der Waals surface area contributed by atoms with E-state index in [9.17, 15) is 9.59 Å². The number of carbonyl (C=O) groups excluding carboxylic acids is 1. The van der Waals surface area contributed by atoms with Gasteiger partial charge in [-0.2, -0.15) is 0 Å². The number of nitrogens with one attached hydrogen (secondary N) is 2. The summed E-state index contributed by atoms with van der Waals surface area (Å²) in [5.41, 5.74) is -1.47. The Bertz CT molecular complexity index is 455. The molecule has 8 heteroatoms. The zero-order valence-electron chi connectivity index (χ0n) is 12.0. The molecule has 0 radical (unpaired) electrons. The number of aromatic amines is 1. The van der Waals surface area contributed by atoms with E-state index >= 15 is 0 Å². The van der Waals surface area contributed by atoms with Gasteiger partial charge in [0.05, 0.1) is 5.54 Å². The van der Waals surface area contributed by atoms with Crippen LogP contribution in [0.1, 0.15) is 40.4 Å². The van der Waals surface area contributed by atoms with Crippen LogP contribution in [-0.4, -0.2) is 34.1 Å². The number of carbonyl (C=O) groups is 1. The van der Waals surface area contributed by atoms with Gasteiger partial charge < -0.3 is 15.2 Å². The molecule has 8 nitrogen and oxygen atoms in total. The maximum atomic E-state index is 11.6. The van der Waals surface area contributed by atoms with Crippen LogP contribution in [0, 0.1) is 0 Å². The molecule has 0 aliphatic heterocycles. The third kappa shape index (κ3) is 6.05. The van der Waals surface area contributed by atoms with Gasteiger partial charge in [0.2, 0.25) is 0 Å². The molecule has 1 aromatic heterocycles. The summed E-state index contributed by atoms with van der Waals surface area (Å²) in [4.78, 5) is 24.8. The fourth-order valence-electron chi connectivity index (χ4n) is 1.12. The van der Waals surface area contributed by atoms with Crippen LogP contribution in [0.2, 0.25) is 0 Å². The van der Waals surface area contributed by atoms with Crippen molar-refractivity contribution in [3.05, 3.63) is 16.4 Å². The Morgan fingerprint density at radius 1 is 1.32 bits per heavy atom. The molecule has 0 aliphatic carbocycles. The minimum Gasteiger partial charge on any atom is -0.444 e. The lowest BCUT2D eigenvalue weighted by atomic mass is 10.1. The molecule has 1 rings (SSSR count). The fourth-order valence-corrected chi connectivity index (χ4v) is 1.12. The average Bonchev–Trinajstić information content (AvgIpc) is 2.64. The quantitative estimate of drug-likeness (QED) is 0.732. The molecular formula is C11H21N3O5. The van der Waals surface area contributed by atoms with E-state index in [1.807, 2.05) is 0 Å². The Morgan fingerprint density at radius 2 is 1.84 bits per heavy atom. The molecular weight excluding hydrogens is 254 g/mol. The Morgan fingerprint density at radius 3 is 2.21 bits per heavy atom. The van der Waals surface area contributed by atoms with E-state index in [4.69, 9.17) is 9.84 Å². The Hall–Kier alpha value is -1.83. The van der Waals surface area contributed by atoms with Gasteiger partial charge in [-0.1, -0.05) is 5.16 Å². The van der Waals surface area contributed by atoms with Gasteiger partial charge in [-0.15, -0.1) is 0 Å². The molecule has 3 N–H and O–H groups in total. The summed E-state index contributed by atoms with van der Waals surface area (Å²) in [5, 5.41) is 13.1. The first-order valence-corrected chi connectivity index (χ1v) is 5.62. The molecule has 1 aromatic rings. The third-order valence-corrected chi connectivity index (χ3v) is 1.85. The summed E-state index contributed by atoms with van der Waals surface area (Å²) >= 11 is 0. The lowest BCUT2D eigenvalue weighted by molar-refractivity contribution is 0.0465. The molecule has 0 unspecified atom stereocenters. The number of aromatic nitrogens is 2. The third-order valence-electron chi connectivity index (χ3n) is 1.85. The normalized spacial score (nSPS) is 11.3. The number of hydrogen-bond donors (Lipinski definition) is 3. The number of aliphatic hydroxyl groups excluding tert-OH is 1. The number of nitrogens with zero attached hydrogens (tertiary/aromatic N) is 1. The first kappa shape index (κ1) is 17.2. The lowest BCUT2D eigenvalue weighted by Crippen LogP contribution is -2.44. The van der Waals surface area contributed by atoms with Gasteiger partial charge in [-0.25, -0.2) is 9.59 Å². The number of hydrogen-bond acceptors (Lipinski definition) is 6. The highest BCUT2D eigenvalue weighted by Gasteiger charge is 2.29. The highest BCUT2D eigenvalue weighted by molar-refractivity contribution is 5.68. The lowest BCUT2D eigenvalue weighted by Gasteiger charge is -2.26. The predicted molar refractivity (Wildman–Crippen MR) is 67.7 cm³/mol. The second-order valence-corrected chi connectivity index (χ2v) is 5.20. The molecule has 0 saturated heterocycles. The first-order chi connectivity index (χ1) is 8.60. The molecule has 0 spiro atoms. The maximum absolute atomic E-state index is 11.6. The smallest absolute Gasteiger partial charge is 0.438 e. The van der Waals surface area contributed by atoms with Gasteiger partial charge >= 0.3 is 11.8 Å². The number of amides is 1. The summed E-state index contributed by atoms with van der Waals surface area (Å²) in [6.07, 6.45) is -0.591. The van der Waals surface area contributed by atoms with Gasteiger partial charge in [0.1, 0.15) is 5.60 Å². The van der Waals surface area contributed by atoms with E-state index in [0.717, 1.165) is 7.11 Å². The van der Waals surface area contributed by atoms with E-state index in [-0.39, 0.29) is 5.82 Å². The molecule has 0 bridgehead atoms. The fraction of sp³-hybridized carbons (Fsp3) is 0.727. The van der Waals surface area contributed by atoms with Crippen molar-refractivity contribution in [1.82, 2.24) is 15.5 Å². The Balaban J connectivity index is 0.00000154. The van der Waals surface area contributed by atoms with Crippen molar-refractivity contribution >= 4 is 6.09 Å². The van der Waals surface area contributed by atoms with Crippen LogP contribution in [0.15, 0.2) is 9.32 Å². The van der Waals surface area contributed by atoms with Gasteiger partial charge in [-0.3, -0.25) is 9.51 Å². The second kappa shape index (κ2) is 6.37. The van der Waals surface area contributed by atoms with E-state index in [1.165, 1.54) is 0 Å². The standard InChI is InChI=1S/C10H17N3O4.CH4O/c1-9(2,3)16-8(15)12-10(4,5)6-11-7(14)17-13-6;1-2/h1-5H3,(H,12,15)(H,11,13,14);2H,1H3. The van der Waals surface area contributed by atoms with E-state index < -0.39 is 23.0 Å². The van der Waals surface area contributed by atoms with E-state index in [0.29, 0.717) is 0 Å². The van der Waals surface area contributed by atoms with Crippen molar-refractivity contribution in [1.29, 1.82) is 0 Å². The number of aliphatic hydroxyl groups is 1. The molecule has 0 aliphatic rings. The number of alkyl carbamates (subject to hydrolysis) is 1. The molecule has 1 heterocycles. The van der Waals surface area contributed by atoms with E-state index in [1.54, 1.807) is 34.6 Å². The highest BCUT2D eigenvalue weighted by atomic mass is 16.6. The largest absolute Gasteiger partial charge is 0.444 e. The zero-order chi connectivity index (χ0) is 15.3. The van der Waals surface area contributed by atoms with Gasteiger partial charge in [-0.05, 0) is 34.6 Å². The second-order valence-electron chi connectivity index (χ2n) is 5.20. The molecule has 1 amide bonds. The molecule has 110 valence electrons. The summed E-state index contributed by atoms with van der Waals surface area (Å²) in [6, 6.07) is 0. The number of H-pyrrole nitrogens is 1. The minimum atomic E-state index is -0.880.